The van der Waals surface area contributed by atoms with Crippen LogP contribution in [-0.4, -0.2) is 16.6 Å². The lowest BCUT2D eigenvalue weighted by atomic mass is 10.2. The van der Waals surface area contributed by atoms with E-state index in [0.29, 0.717) is 24.3 Å². The van der Waals surface area contributed by atoms with E-state index >= 15 is 0 Å². The summed E-state index contributed by atoms with van der Waals surface area (Å²) in [5.74, 6) is 0.571. The molecule has 7 heteroatoms. The number of carbonyl (C=O) groups is 1. The monoisotopic (exact) mass is 422 g/mol. The largest absolute Gasteiger partial charge is 0.313 e. The molecule has 5 nitrogen and oxygen atoms in total. The van der Waals surface area contributed by atoms with Gasteiger partial charge in [-0.25, -0.2) is 4.98 Å². The number of anilines is 3. The summed E-state index contributed by atoms with van der Waals surface area (Å²) >= 11 is 5.59. The fourth-order valence-electron chi connectivity index (χ4n) is 2.51. The van der Waals surface area contributed by atoms with Gasteiger partial charge in [0.05, 0.1) is 18.2 Å². The Morgan fingerprint density at radius 3 is 2.45 bits per heavy atom. The fraction of sp³-hybridized carbons (Fsp3) is 0.227. The molecular formula is C22H22N4OS2. The molecule has 148 valence electrons. The number of nitrogens with one attached hydrogen (secondary N) is 1. The normalized spacial score (nSPS) is 12.3. The van der Waals surface area contributed by atoms with Gasteiger partial charge in [-0.3, -0.25) is 4.79 Å². The molecule has 1 aliphatic carbocycles. The van der Waals surface area contributed by atoms with Gasteiger partial charge in [0, 0.05) is 15.8 Å². The molecule has 3 aromatic rings. The van der Waals surface area contributed by atoms with Crippen LogP contribution in [0.15, 0.2) is 54.6 Å². The Hall–Kier alpha value is -2.82. The van der Waals surface area contributed by atoms with Gasteiger partial charge in [0.1, 0.15) is 5.82 Å². The Bertz CT molecular complexity index is 976. The average molecular weight is 423 g/mol. The van der Waals surface area contributed by atoms with E-state index in [4.69, 9.17) is 5.26 Å². The minimum atomic E-state index is 0.571. The van der Waals surface area contributed by atoms with Crippen LogP contribution in [0.25, 0.3) is 0 Å². The highest BCUT2D eigenvalue weighted by Crippen LogP contribution is 2.35. The third-order valence-electron chi connectivity index (χ3n) is 4.25. The number of thiol groups is 1. The predicted molar refractivity (Wildman–Crippen MR) is 122 cm³/mol. The van der Waals surface area contributed by atoms with Crippen molar-refractivity contribution in [1.82, 2.24) is 4.98 Å². The first kappa shape index (κ1) is 20.9. The number of aromatic nitrogens is 1. The lowest BCUT2D eigenvalue weighted by Gasteiger charge is -2.22. The fourth-order valence-corrected chi connectivity index (χ4v) is 3.55. The molecular weight excluding hydrogens is 400 g/mol. The average Bonchev–Trinajstić information content (AvgIpc) is 3.45. The summed E-state index contributed by atoms with van der Waals surface area (Å²) in [5, 5.41) is 13.2. The van der Waals surface area contributed by atoms with Crippen LogP contribution in [0.4, 0.5) is 16.6 Å². The van der Waals surface area contributed by atoms with Crippen LogP contribution in [0.5, 0.6) is 0 Å². The van der Waals surface area contributed by atoms with Gasteiger partial charge in [0.15, 0.2) is 5.13 Å². The second-order valence-corrected chi connectivity index (χ2v) is 8.54. The second kappa shape index (κ2) is 10.1. The number of hydrogen-bond donors (Lipinski definition) is 2. The molecule has 0 radical (unpaired) electrons. The molecule has 1 N–H and O–H groups in total. The molecule has 0 unspecified atom stereocenters. The van der Waals surface area contributed by atoms with Crippen molar-refractivity contribution in [2.75, 3.05) is 10.2 Å². The van der Waals surface area contributed by atoms with Crippen LogP contribution in [0.3, 0.4) is 0 Å². The first-order chi connectivity index (χ1) is 14.1. The third-order valence-corrected chi connectivity index (χ3v) is 5.76. The Morgan fingerprint density at radius 1 is 1.24 bits per heavy atom. The molecule has 1 amide bonds. The molecule has 1 aliphatic rings. The van der Waals surface area contributed by atoms with Gasteiger partial charge in [0.25, 0.3) is 0 Å². The smallest absolute Gasteiger partial charge is 0.212 e. The van der Waals surface area contributed by atoms with Gasteiger partial charge in [0.2, 0.25) is 6.41 Å². The molecule has 29 heavy (non-hydrogen) atoms. The molecule has 0 aliphatic heterocycles. The first-order valence-electron chi connectivity index (χ1n) is 9.28. The maximum atomic E-state index is 10.7. The quantitative estimate of drug-likeness (QED) is 0.417. The molecule has 0 saturated heterocycles. The van der Waals surface area contributed by atoms with Crippen LogP contribution < -0.4 is 10.2 Å². The van der Waals surface area contributed by atoms with Crippen molar-refractivity contribution in [2.45, 2.75) is 31.6 Å². The topological polar surface area (TPSA) is 69.0 Å². The van der Waals surface area contributed by atoms with Crippen molar-refractivity contribution < 1.29 is 4.79 Å². The van der Waals surface area contributed by atoms with E-state index in [1.807, 2.05) is 37.3 Å². The first-order valence-corrected chi connectivity index (χ1v) is 10.6. The number of thiazole rings is 1. The summed E-state index contributed by atoms with van der Waals surface area (Å²) in [6.07, 6.45) is 3.33. The van der Waals surface area contributed by atoms with E-state index in [-0.39, 0.29) is 0 Å². The molecule has 1 fully saturated rings. The number of benzene rings is 2. The Morgan fingerprint density at radius 2 is 1.90 bits per heavy atom. The van der Waals surface area contributed by atoms with Crippen LogP contribution in [0.1, 0.15) is 28.8 Å². The summed E-state index contributed by atoms with van der Waals surface area (Å²) in [6.45, 7) is 2.56. The molecule has 4 rings (SSSR count). The minimum Gasteiger partial charge on any atom is -0.313 e. The van der Waals surface area contributed by atoms with Crippen molar-refractivity contribution in [1.29, 1.82) is 5.26 Å². The van der Waals surface area contributed by atoms with Gasteiger partial charge in [-0.1, -0.05) is 41.7 Å². The predicted octanol–water partition coefficient (Wildman–Crippen LogP) is 5.31. The summed E-state index contributed by atoms with van der Waals surface area (Å²) in [7, 11) is 0. The summed E-state index contributed by atoms with van der Waals surface area (Å²) < 4.78 is 0. The van der Waals surface area contributed by atoms with E-state index in [0.717, 1.165) is 26.5 Å². The van der Waals surface area contributed by atoms with Crippen molar-refractivity contribution in [2.24, 2.45) is 0 Å². The maximum absolute atomic E-state index is 10.7. The van der Waals surface area contributed by atoms with Crippen molar-refractivity contribution >= 4 is 47.0 Å². The van der Waals surface area contributed by atoms with E-state index in [1.165, 1.54) is 24.2 Å². The molecule has 0 spiro atoms. The SMILES string of the molecule is Cc1sc(N(Cc2ccccc2)c2ccc(C#N)cc2)nc1NC=O.SC1CC1. The van der Waals surface area contributed by atoms with Gasteiger partial charge in [-0.05, 0) is 49.6 Å². The Balaban J connectivity index is 0.000000536. The van der Waals surface area contributed by atoms with Crippen molar-refractivity contribution in [3.63, 3.8) is 0 Å². The van der Waals surface area contributed by atoms with Gasteiger partial charge < -0.3 is 10.2 Å². The number of nitriles is 1. The lowest BCUT2D eigenvalue weighted by molar-refractivity contribution is -0.105. The zero-order valence-corrected chi connectivity index (χ0v) is 17.8. The number of rotatable bonds is 6. The van der Waals surface area contributed by atoms with E-state index in [2.05, 4.69) is 46.0 Å². The van der Waals surface area contributed by atoms with Crippen LogP contribution >= 0.6 is 24.0 Å². The number of nitrogens with zero attached hydrogens (tertiary/aromatic N) is 3. The summed E-state index contributed by atoms with van der Waals surface area (Å²) in [6, 6.07) is 19.6. The number of aryl methyl sites for hydroxylation is 1. The van der Waals surface area contributed by atoms with Crippen LogP contribution in [0.2, 0.25) is 0 Å². The summed E-state index contributed by atoms with van der Waals surface area (Å²) in [5.41, 5.74) is 2.70. The van der Waals surface area contributed by atoms with Gasteiger partial charge in [-0.15, -0.1) is 0 Å². The molecule has 2 aromatic carbocycles. The minimum absolute atomic E-state index is 0.571. The highest BCUT2D eigenvalue weighted by molar-refractivity contribution is 7.81. The second-order valence-electron chi connectivity index (χ2n) is 6.63. The van der Waals surface area contributed by atoms with Crippen molar-refractivity contribution in [3.8, 4) is 6.07 Å². The third kappa shape index (κ3) is 6.08. The molecule has 0 bridgehead atoms. The molecule has 0 atom stereocenters. The van der Waals surface area contributed by atoms with Crippen LogP contribution in [0, 0.1) is 18.3 Å². The lowest BCUT2D eigenvalue weighted by Crippen LogP contribution is -2.16. The zero-order chi connectivity index (χ0) is 20.6. The van der Waals surface area contributed by atoms with Crippen LogP contribution in [-0.2, 0) is 11.3 Å². The Labute approximate surface area is 180 Å². The van der Waals surface area contributed by atoms with E-state index in [9.17, 15) is 4.79 Å². The molecule has 1 heterocycles. The maximum Gasteiger partial charge on any atom is 0.212 e. The standard InChI is InChI=1S/C19H16N4OS.C3H6S/c1-14-18(21-13-24)22-19(25-14)23(12-16-5-3-2-4-6-16)17-9-7-15(11-20)8-10-17;4-3-1-2-3/h2-10,13H,12H2,1H3,(H,21,24);3-4H,1-2H2. The molecule has 1 saturated carbocycles. The number of amides is 1. The molecule has 1 aromatic heterocycles. The van der Waals surface area contributed by atoms with E-state index in [1.54, 1.807) is 12.1 Å². The highest BCUT2D eigenvalue weighted by Gasteiger charge is 2.17. The highest BCUT2D eigenvalue weighted by atomic mass is 32.1. The van der Waals surface area contributed by atoms with Gasteiger partial charge >= 0.3 is 0 Å². The van der Waals surface area contributed by atoms with E-state index < -0.39 is 0 Å². The van der Waals surface area contributed by atoms with Crippen molar-refractivity contribution in [3.05, 3.63) is 70.6 Å². The Kier molecular flexibility index (Phi) is 7.28. The van der Waals surface area contributed by atoms with Gasteiger partial charge in [-0.2, -0.15) is 17.9 Å². The summed E-state index contributed by atoms with van der Waals surface area (Å²) in [4.78, 5) is 18.3. The number of carbonyl (C=O) groups excluding carboxylic acids is 1. The zero-order valence-electron chi connectivity index (χ0n) is 16.1. The number of hydrogen-bond acceptors (Lipinski definition) is 6.